The van der Waals surface area contributed by atoms with Gasteiger partial charge in [-0.2, -0.15) is 0 Å². The van der Waals surface area contributed by atoms with Gasteiger partial charge in [-0.25, -0.2) is 0 Å². The lowest BCUT2D eigenvalue weighted by molar-refractivity contribution is -0.125. The van der Waals surface area contributed by atoms with Crippen LogP contribution < -0.4 is 10.6 Å². The maximum Gasteiger partial charge on any atom is 0.225 e. The second kappa shape index (κ2) is 6.08. The SMILES string of the molecule is CNCC(C)CNC(=O)C1COC(C)C1. The standard InChI is InChI=1S/C11H22N2O2/c1-8(5-12-3)6-13-11(14)10-4-9(2)15-7-10/h8-10,12H,4-7H2,1-3H3,(H,13,14). The van der Waals surface area contributed by atoms with E-state index in [2.05, 4.69) is 17.6 Å². The molecule has 4 nitrogen and oxygen atoms in total. The molecular formula is C11H22N2O2. The highest BCUT2D eigenvalue weighted by Gasteiger charge is 2.27. The molecule has 0 aliphatic carbocycles. The topological polar surface area (TPSA) is 50.4 Å². The van der Waals surface area contributed by atoms with Crippen LogP contribution in [-0.2, 0) is 9.53 Å². The van der Waals surface area contributed by atoms with E-state index in [-0.39, 0.29) is 17.9 Å². The van der Waals surface area contributed by atoms with Crippen LogP contribution in [0.3, 0.4) is 0 Å². The fraction of sp³-hybridized carbons (Fsp3) is 0.909. The maximum absolute atomic E-state index is 11.7. The third kappa shape index (κ3) is 4.18. The zero-order valence-corrected chi connectivity index (χ0v) is 9.88. The molecule has 2 N–H and O–H groups in total. The van der Waals surface area contributed by atoms with Crippen molar-refractivity contribution in [2.24, 2.45) is 11.8 Å². The van der Waals surface area contributed by atoms with Crippen molar-refractivity contribution < 1.29 is 9.53 Å². The van der Waals surface area contributed by atoms with Crippen LogP contribution in [0.1, 0.15) is 20.3 Å². The molecule has 0 radical (unpaired) electrons. The number of ether oxygens (including phenoxy) is 1. The zero-order valence-electron chi connectivity index (χ0n) is 9.88. The van der Waals surface area contributed by atoms with Crippen LogP contribution in [0, 0.1) is 11.8 Å². The number of hydrogen-bond acceptors (Lipinski definition) is 3. The van der Waals surface area contributed by atoms with Gasteiger partial charge in [0.1, 0.15) is 0 Å². The average Bonchev–Trinajstić information content (AvgIpc) is 2.62. The Bertz CT molecular complexity index is 209. The van der Waals surface area contributed by atoms with E-state index in [1.807, 2.05) is 14.0 Å². The van der Waals surface area contributed by atoms with Gasteiger partial charge >= 0.3 is 0 Å². The van der Waals surface area contributed by atoms with Crippen LogP contribution in [0.5, 0.6) is 0 Å². The molecule has 0 saturated carbocycles. The van der Waals surface area contributed by atoms with Gasteiger partial charge in [-0.05, 0) is 32.9 Å². The molecule has 0 bridgehead atoms. The molecule has 0 spiro atoms. The largest absolute Gasteiger partial charge is 0.378 e. The normalized spacial score (nSPS) is 27.7. The van der Waals surface area contributed by atoms with Crippen LogP contribution in [-0.4, -0.2) is 38.8 Å². The van der Waals surface area contributed by atoms with E-state index >= 15 is 0 Å². The van der Waals surface area contributed by atoms with Gasteiger partial charge in [-0.15, -0.1) is 0 Å². The first-order chi connectivity index (χ1) is 7.13. The molecule has 1 saturated heterocycles. The Kier molecular flexibility index (Phi) is 5.05. The number of amides is 1. The summed E-state index contributed by atoms with van der Waals surface area (Å²) < 4.78 is 5.37. The van der Waals surface area contributed by atoms with E-state index < -0.39 is 0 Å². The molecule has 1 fully saturated rings. The Morgan fingerprint density at radius 3 is 2.80 bits per heavy atom. The highest BCUT2D eigenvalue weighted by molar-refractivity contribution is 5.79. The van der Waals surface area contributed by atoms with Crippen LogP contribution in [0.25, 0.3) is 0 Å². The molecule has 1 heterocycles. The van der Waals surface area contributed by atoms with Crippen molar-refractivity contribution in [3.8, 4) is 0 Å². The monoisotopic (exact) mass is 214 g/mol. The minimum absolute atomic E-state index is 0.0572. The Balaban J connectivity index is 2.18. The molecule has 3 atom stereocenters. The maximum atomic E-state index is 11.7. The van der Waals surface area contributed by atoms with Gasteiger partial charge in [-0.1, -0.05) is 6.92 Å². The van der Waals surface area contributed by atoms with Gasteiger partial charge in [0.05, 0.1) is 18.6 Å². The van der Waals surface area contributed by atoms with Gasteiger partial charge < -0.3 is 15.4 Å². The number of carbonyl (C=O) groups is 1. The molecule has 88 valence electrons. The summed E-state index contributed by atoms with van der Waals surface area (Å²) in [6.07, 6.45) is 1.09. The smallest absolute Gasteiger partial charge is 0.225 e. The summed E-state index contributed by atoms with van der Waals surface area (Å²) >= 11 is 0. The van der Waals surface area contributed by atoms with Crippen LogP contribution in [0.2, 0.25) is 0 Å². The molecule has 4 heteroatoms. The van der Waals surface area contributed by atoms with Gasteiger partial charge in [0.2, 0.25) is 5.91 Å². The second-order valence-electron chi connectivity index (χ2n) is 4.48. The summed E-state index contributed by atoms with van der Waals surface area (Å²) in [6, 6.07) is 0. The average molecular weight is 214 g/mol. The first-order valence-electron chi connectivity index (χ1n) is 5.67. The van der Waals surface area contributed by atoms with E-state index in [9.17, 15) is 4.79 Å². The number of rotatable bonds is 5. The molecule has 15 heavy (non-hydrogen) atoms. The molecule has 1 amide bonds. The summed E-state index contributed by atoms with van der Waals surface area (Å²) in [5.74, 6) is 0.669. The number of hydrogen-bond donors (Lipinski definition) is 2. The minimum Gasteiger partial charge on any atom is -0.378 e. The molecule has 1 aliphatic heterocycles. The Morgan fingerprint density at radius 1 is 1.53 bits per heavy atom. The van der Waals surface area contributed by atoms with E-state index in [1.165, 1.54) is 0 Å². The van der Waals surface area contributed by atoms with Crippen molar-refractivity contribution in [1.29, 1.82) is 0 Å². The number of carbonyl (C=O) groups excluding carboxylic acids is 1. The first-order valence-corrected chi connectivity index (χ1v) is 5.67. The predicted molar refractivity (Wildman–Crippen MR) is 59.6 cm³/mol. The van der Waals surface area contributed by atoms with Crippen molar-refractivity contribution >= 4 is 5.91 Å². The number of nitrogens with one attached hydrogen (secondary N) is 2. The Hall–Kier alpha value is -0.610. The minimum atomic E-state index is 0.0572. The lowest BCUT2D eigenvalue weighted by atomic mass is 10.1. The predicted octanol–water partition coefficient (Wildman–Crippen LogP) is 0.383. The quantitative estimate of drug-likeness (QED) is 0.696. The lowest BCUT2D eigenvalue weighted by Crippen LogP contribution is -2.36. The lowest BCUT2D eigenvalue weighted by Gasteiger charge is -2.14. The van der Waals surface area contributed by atoms with Gasteiger partial charge in [0, 0.05) is 6.54 Å². The Labute approximate surface area is 91.8 Å². The van der Waals surface area contributed by atoms with Crippen molar-refractivity contribution in [3.63, 3.8) is 0 Å². The molecule has 0 aromatic carbocycles. The molecule has 3 unspecified atom stereocenters. The van der Waals surface area contributed by atoms with Gasteiger partial charge in [0.25, 0.3) is 0 Å². The summed E-state index contributed by atoms with van der Waals surface area (Å²) in [5, 5.41) is 6.06. The van der Waals surface area contributed by atoms with Gasteiger partial charge in [-0.3, -0.25) is 4.79 Å². The van der Waals surface area contributed by atoms with E-state index in [0.717, 1.165) is 19.5 Å². The molecular weight excluding hydrogens is 192 g/mol. The van der Waals surface area contributed by atoms with Crippen molar-refractivity contribution in [1.82, 2.24) is 10.6 Å². The molecule has 0 aromatic rings. The van der Waals surface area contributed by atoms with Gasteiger partial charge in [0.15, 0.2) is 0 Å². The van der Waals surface area contributed by atoms with Crippen LogP contribution >= 0.6 is 0 Å². The summed E-state index contributed by atoms with van der Waals surface area (Å²) in [5.41, 5.74) is 0. The molecule has 1 rings (SSSR count). The highest BCUT2D eigenvalue weighted by Crippen LogP contribution is 2.18. The first kappa shape index (κ1) is 12.5. The third-order valence-corrected chi connectivity index (χ3v) is 2.75. The highest BCUT2D eigenvalue weighted by atomic mass is 16.5. The van der Waals surface area contributed by atoms with Crippen molar-refractivity contribution in [2.45, 2.75) is 26.4 Å². The fourth-order valence-corrected chi connectivity index (χ4v) is 1.84. The summed E-state index contributed by atoms with van der Waals surface area (Å²) in [7, 11) is 1.92. The fourth-order valence-electron chi connectivity index (χ4n) is 1.84. The van der Waals surface area contributed by atoms with Crippen molar-refractivity contribution in [2.75, 3.05) is 26.7 Å². The summed E-state index contributed by atoms with van der Waals surface area (Å²) in [4.78, 5) is 11.7. The van der Waals surface area contributed by atoms with E-state index in [1.54, 1.807) is 0 Å². The summed E-state index contributed by atoms with van der Waals surface area (Å²) in [6.45, 7) is 6.37. The van der Waals surface area contributed by atoms with Crippen molar-refractivity contribution in [3.05, 3.63) is 0 Å². The molecule has 0 aromatic heterocycles. The van der Waals surface area contributed by atoms with Crippen LogP contribution in [0.15, 0.2) is 0 Å². The third-order valence-electron chi connectivity index (χ3n) is 2.75. The zero-order chi connectivity index (χ0) is 11.3. The van der Waals surface area contributed by atoms with E-state index in [4.69, 9.17) is 4.74 Å². The van der Waals surface area contributed by atoms with E-state index in [0.29, 0.717) is 12.5 Å². The second-order valence-corrected chi connectivity index (χ2v) is 4.48. The Morgan fingerprint density at radius 2 is 2.27 bits per heavy atom. The van der Waals surface area contributed by atoms with Crippen LogP contribution in [0.4, 0.5) is 0 Å². The molecule has 1 aliphatic rings.